The molecule has 6 heteroatoms. The van der Waals surface area contributed by atoms with Crippen molar-refractivity contribution in [2.75, 3.05) is 12.4 Å². The highest BCUT2D eigenvalue weighted by Crippen LogP contribution is 2.23. The molecule has 0 saturated heterocycles. The van der Waals surface area contributed by atoms with Crippen LogP contribution in [0.15, 0.2) is 47.6 Å². The number of nitrogens with two attached hydrogens (primary N) is 1. The molecule has 0 aromatic heterocycles. The molecule has 0 fully saturated rings. The first kappa shape index (κ1) is 15.0. The molecule has 0 aliphatic carbocycles. The third-order valence-electron chi connectivity index (χ3n) is 3.01. The van der Waals surface area contributed by atoms with Gasteiger partial charge >= 0.3 is 0 Å². The fraction of sp³-hybridized carbons (Fsp3) is 0.133. The molecule has 0 amide bonds. The summed E-state index contributed by atoms with van der Waals surface area (Å²) in [4.78, 5) is 0. The summed E-state index contributed by atoms with van der Waals surface area (Å²) in [5, 5.41) is 15.6. The molecular weight excluding hydrogens is 290 g/mol. The molecule has 0 unspecified atom stereocenters. The van der Waals surface area contributed by atoms with Gasteiger partial charge in [-0.25, -0.2) is 0 Å². The van der Waals surface area contributed by atoms with Gasteiger partial charge < -0.3 is 21.0 Å². The topological polar surface area (TPSA) is 79.9 Å². The number of hydrogen-bond donors (Lipinski definition) is 3. The van der Waals surface area contributed by atoms with Crippen LogP contribution < -0.4 is 15.8 Å². The van der Waals surface area contributed by atoms with Gasteiger partial charge in [0.1, 0.15) is 5.75 Å². The van der Waals surface area contributed by atoms with Gasteiger partial charge in [0, 0.05) is 6.54 Å². The Hall–Kier alpha value is -2.40. The molecule has 2 aromatic rings. The molecule has 0 atom stereocenters. The van der Waals surface area contributed by atoms with Crippen molar-refractivity contribution >= 4 is 23.1 Å². The largest absolute Gasteiger partial charge is 0.496 e. The summed E-state index contributed by atoms with van der Waals surface area (Å²) in [6.45, 7) is 0.580. The van der Waals surface area contributed by atoms with Crippen molar-refractivity contribution in [3.8, 4) is 5.75 Å². The van der Waals surface area contributed by atoms with Crippen LogP contribution in [-0.4, -0.2) is 18.2 Å². The Morgan fingerprint density at radius 2 is 2.10 bits per heavy atom. The molecular formula is C15H16ClN3O2. The fourth-order valence-electron chi connectivity index (χ4n) is 1.91. The molecule has 4 N–H and O–H groups in total. The second kappa shape index (κ2) is 6.85. The maximum absolute atomic E-state index is 8.74. The van der Waals surface area contributed by atoms with E-state index in [9.17, 15) is 0 Å². The first-order valence-corrected chi connectivity index (χ1v) is 6.66. The molecule has 21 heavy (non-hydrogen) atoms. The Morgan fingerprint density at radius 1 is 1.33 bits per heavy atom. The van der Waals surface area contributed by atoms with E-state index < -0.39 is 0 Å². The van der Waals surface area contributed by atoms with Crippen LogP contribution in [0.2, 0.25) is 5.02 Å². The standard InChI is InChI=1S/C15H16ClN3O2/c1-21-14-8-10(6-7-11(14)15(17)19-20)9-18-13-5-3-2-4-12(13)16/h2-8,18,20H,9H2,1H3,(H2,17,19). The van der Waals surface area contributed by atoms with Gasteiger partial charge in [-0.15, -0.1) is 0 Å². The van der Waals surface area contributed by atoms with Gasteiger partial charge in [-0.1, -0.05) is 35.0 Å². The summed E-state index contributed by atoms with van der Waals surface area (Å²) in [5.74, 6) is 0.557. The summed E-state index contributed by atoms with van der Waals surface area (Å²) >= 11 is 6.09. The lowest BCUT2D eigenvalue weighted by molar-refractivity contribution is 0.318. The average molecular weight is 306 g/mol. The minimum Gasteiger partial charge on any atom is -0.496 e. The number of ether oxygens (including phenoxy) is 1. The summed E-state index contributed by atoms with van der Waals surface area (Å²) < 4.78 is 5.26. The van der Waals surface area contributed by atoms with Crippen LogP contribution in [-0.2, 0) is 6.54 Å². The number of rotatable bonds is 5. The molecule has 2 rings (SSSR count). The van der Waals surface area contributed by atoms with Crippen LogP contribution >= 0.6 is 11.6 Å². The van der Waals surface area contributed by atoms with Gasteiger partial charge in [-0.05, 0) is 29.8 Å². The molecule has 0 aliphatic heterocycles. The van der Waals surface area contributed by atoms with E-state index in [2.05, 4.69) is 10.5 Å². The van der Waals surface area contributed by atoms with E-state index in [0.29, 0.717) is 22.9 Å². The van der Waals surface area contributed by atoms with Crippen molar-refractivity contribution in [2.45, 2.75) is 6.54 Å². The first-order chi connectivity index (χ1) is 10.2. The van der Waals surface area contributed by atoms with Crippen molar-refractivity contribution < 1.29 is 9.94 Å². The van der Waals surface area contributed by atoms with Crippen LogP contribution in [0, 0.1) is 0 Å². The smallest absolute Gasteiger partial charge is 0.173 e. The lowest BCUT2D eigenvalue weighted by Crippen LogP contribution is -2.14. The van der Waals surface area contributed by atoms with Crippen molar-refractivity contribution in [3.63, 3.8) is 0 Å². The number of methoxy groups -OCH3 is 1. The maximum Gasteiger partial charge on any atom is 0.173 e. The van der Waals surface area contributed by atoms with E-state index in [-0.39, 0.29) is 5.84 Å². The Morgan fingerprint density at radius 3 is 2.76 bits per heavy atom. The van der Waals surface area contributed by atoms with Crippen LogP contribution in [0.4, 0.5) is 5.69 Å². The molecule has 0 bridgehead atoms. The molecule has 0 radical (unpaired) electrons. The Balaban J connectivity index is 2.17. The Kier molecular flexibility index (Phi) is 4.90. The molecule has 0 heterocycles. The van der Waals surface area contributed by atoms with Crippen molar-refractivity contribution in [2.24, 2.45) is 10.9 Å². The molecule has 0 saturated carbocycles. The highest BCUT2D eigenvalue weighted by molar-refractivity contribution is 6.33. The zero-order chi connectivity index (χ0) is 15.2. The number of nitrogens with one attached hydrogen (secondary N) is 1. The molecule has 5 nitrogen and oxygen atoms in total. The number of halogens is 1. The molecule has 0 spiro atoms. The van der Waals surface area contributed by atoms with E-state index in [0.717, 1.165) is 11.3 Å². The van der Waals surface area contributed by atoms with Crippen molar-refractivity contribution in [1.82, 2.24) is 0 Å². The summed E-state index contributed by atoms with van der Waals surface area (Å²) in [7, 11) is 1.54. The fourth-order valence-corrected chi connectivity index (χ4v) is 2.12. The quantitative estimate of drug-likeness (QED) is 0.343. The average Bonchev–Trinajstić information content (AvgIpc) is 2.53. The number of amidine groups is 1. The molecule has 2 aromatic carbocycles. The third kappa shape index (κ3) is 3.58. The predicted octanol–water partition coefficient (Wildman–Crippen LogP) is 3.06. The maximum atomic E-state index is 8.74. The number of nitrogens with zero attached hydrogens (tertiary/aromatic N) is 1. The minimum atomic E-state index is 0.0115. The molecule has 0 aliphatic rings. The van der Waals surface area contributed by atoms with Crippen LogP contribution in [0.1, 0.15) is 11.1 Å². The number of para-hydroxylation sites is 1. The zero-order valence-electron chi connectivity index (χ0n) is 11.5. The molecule has 110 valence electrons. The van der Waals surface area contributed by atoms with Gasteiger partial charge in [-0.3, -0.25) is 0 Å². The highest BCUT2D eigenvalue weighted by atomic mass is 35.5. The van der Waals surface area contributed by atoms with E-state index >= 15 is 0 Å². The second-order valence-electron chi connectivity index (χ2n) is 4.35. The van der Waals surface area contributed by atoms with Crippen LogP contribution in [0.25, 0.3) is 0 Å². The van der Waals surface area contributed by atoms with Gasteiger partial charge in [0.15, 0.2) is 5.84 Å². The van der Waals surface area contributed by atoms with E-state index in [1.165, 1.54) is 7.11 Å². The number of benzene rings is 2. The SMILES string of the molecule is COc1cc(CNc2ccccc2Cl)ccc1/C(N)=N/O. The Labute approximate surface area is 128 Å². The number of oxime groups is 1. The summed E-state index contributed by atoms with van der Waals surface area (Å²) in [6.07, 6.45) is 0. The van der Waals surface area contributed by atoms with Crippen molar-refractivity contribution in [1.29, 1.82) is 0 Å². The first-order valence-electron chi connectivity index (χ1n) is 6.29. The van der Waals surface area contributed by atoms with E-state index in [4.69, 9.17) is 27.3 Å². The predicted molar refractivity (Wildman–Crippen MR) is 84.3 cm³/mol. The number of anilines is 1. The summed E-state index contributed by atoms with van der Waals surface area (Å²) in [5.41, 5.74) is 7.98. The Bertz CT molecular complexity index is 659. The zero-order valence-corrected chi connectivity index (χ0v) is 12.3. The lowest BCUT2D eigenvalue weighted by atomic mass is 10.1. The van der Waals surface area contributed by atoms with Crippen LogP contribution in [0.5, 0.6) is 5.75 Å². The third-order valence-corrected chi connectivity index (χ3v) is 3.34. The van der Waals surface area contributed by atoms with Crippen molar-refractivity contribution in [3.05, 3.63) is 58.6 Å². The lowest BCUT2D eigenvalue weighted by Gasteiger charge is -2.11. The summed E-state index contributed by atoms with van der Waals surface area (Å²) in [6, 6.07) is 13.0. The number of hydrogen-bond acceptors (Lipinski definition) is 4. The van der Waals surface area contributed by atoms with Gasteiger partial charge in [0.25, 0.3) is 0 Å². The van der Waals surface area contributed by atoms with Gasteiger partial charge in [0.05, 0.1) is 23.4 Å². The van der Waals surface area contributed by atoms with E-state index in [1.54, 1.807) is 6.07 Å². The van der Waals surface area contributed by atoms with E-state index in [1.807, 2.05) is 36.4 Å². The monoisotopic (exact) mass is 305 g/mol. The normalized spacial score (nSPS) is 11.2. The second-order valence-corrected chi connectivity index (χ2v) is 4.76. The van der Waals surface area contributed by atoms with Crippen LogP contribution in [0.3, 0.4) is 0 Å². The minimum absolute atomic E-state index is 0.0115. The highest BCUT2D eigenvalue weighted by Gasteiger charge is 2.09. The van der Waals surface area contributed by atoms with Gasteiger partial charge in [0.2, 0.25) is 0 Å². The van der Waals surface area contributed by atoms with Gasteiger partial charge in [-0.2, -0.15) is 0 Å².